The number of nitrogens with one attached hydrogen (secondary N) is 1. The molecule has 1 saturated heterocycles. The number of rotatable bonds is 5. The van der Waals surface area contributed by atoms with Gasteiger partial charge >= 0.3 is 5.82 Å². The molecule has 130 valence electrons. The number of thiazole rings is 1. The van der Waals surface area contributed by atoms with E-state index in [1.54, 1.807) is 16.5 Å². The van der Waals surface area contributed by atoms with E-state index in [0.29, 0.717) is 31.3 Å². The van der Waals surface area contributed by atoms with Gasteiger partial charge in [0.15, 0.2) is 0 Å². The zero-order chi connectivity index (χ0) is 17.3. The first-order chi connectivity index (χ1) is 11.5. The zero-order valence-corrected chi connectivity index (χ0v) is 14.3. The van der Waals surface area contributed by atoms with Crippen molar-refractivity contribution in [3.8, 4) is 0 Å². The van der Waals surface area contributed by atoms with E-state index in [1.165, 1.54) is 15.7 Å². The van der Waals surface area contributed by atoms with Crippen LogP contribution in [0.3, 0.4) is 0 Å². The van der Waals surface area contributed by atoms with Crippen molar-refractivity contribution in [3.05, 3.63) is 21.7 Å². The SMILES string of the molecule is CC(C)[C@@H](Nc1nc2sccn2c1[N+](=O)[O-])C(=O)N1CCOCC1. The summed E-state index contributed by atoms with van der Waals surface area (Å²) < 4.78 is 6.69. The molecule has 2 aromatic heterocycles. The molecule has 2 aromatic rings. The Bertz CT molecular complexity index is 750. The van der Waals surface area contributed by atoms with Gasteiger partial charge in [0.1, 0.15) is 12.2 Å². The van der Waals surface area contributed by atoms with Crippen LogP contribution < -0.4 is 5.32 Å². The highest BCUT2D eigenvalue weighted by Crippen LogP contribution is 2.29. The summed E-state index contributed by atoms with van der Waals surface area (Å²) in [6, 6.07) is -0.577. The van der Waals surface area contributed by atoms with Crippen LogP contribution in [0.5, 0.6) is 0 Å². The monoisotopic (exact) mass is 353 g/mol. The molecule has 0 bridgehead atoms. The molecule has 1 amide bonds. The van der Waals surface area contributed by atoms with Crippen LogP contribution >= 0.6 is 11.3 Å². The van der Waals surface area contributed by atoms with Crippen LogP contribution in [0.25, 0.3) is 4.96 Å². The summed E-state index contributed by atoms with van der Waals surface area (Å²) in [5.74, 6) is -0.141. The van der Waals surface area contributed by atoms with E-state index in [9.17, 15) is 14.9 Å². The second kappa shape index (κ2) is 6.73. The summed E-state index contributed by atoms with van der Waals surface area (Å²) in [7, 11) is 0. The third kappa shape index (κ3) is 3.06. The lowest BCUT2D eigenvalue weighted by atomic mass is 10.0. The highest BCUT2D eigenvalue weighted by atomic mass is 32.1. The Kier molecular flexibility index (Phi) is 4.67. The van der Waals surface area contributed by atoms with Gasteiger partial charge in [0, 0.05) is 18.5 Å². The highest BCUT2D eigenvalue weighted by molar-refractivity contribution is 7.15. The molecule has 1 N–H and O–H groups in total. The van der Waals surface area contributed by atoms with Crippen LogP contribution in [-0.2, 0) is 9.53 Å². The molecule has 1 atom stereocenters. The predicted octanol–water partition coefficient (Wildman–Crippen LogP) is 1.60. The van der Waals surface area contributed by atoms with E-state index in [-0.39, 0.29) is 23.5 Å². The zero-order valence-electron chi connectivity index (χ0n) is 13.5. The molecule has 0 unspecified atom stereocenters. The molecular weight excluding hydrogens is 334 g/mol. The number of ether oxygens (including phenoxy) is 1. The van der Waals surface area contributed by atoms with E-state index < -0.39 is 11.0 Å². The van der Waals surface area contributed by atoms with Crippen LogP contribution in [0.2, 0.25) is 0 Å². The fourth-order valence-electron chi connectivity index (χ4n) is 2.69. The molecule has 3 heterocycles. The second-order valence-corrected chi connectivity index (χ2v) is 6.77. The summed E-state index contributed by atoms with van der Waals surface area (Å²) in [4.78, 5) is 30.2. The van der Waals surface area contributed by atoms with E-state index in [1.807, 2.05) is 13.8 Å². The number of morpholine rings is 1. The van der Waals surface area contributed by atoms with Gasteiger partial charge in [-0.05, 0) is 10.8 Å². The number of imidazole rings is 1. The molecule has 0 radical (unpaired) electrons. The van der Waals surface area contributed by atoms with Crippen molar-refractivity contribution < 1.29 is 14.5 Å². The van der Waals surface area contributed by atoms with Crippen LogP contribution in [0.4, 0.5) is 11.6 Å². The van der Waals surface area contributed by atoms with Gasteiger partial charge in [-0.3, -0.25) is 4.79 Å². The number of carbonyl (C=O) groups is 1. The van der Waals surface area contributed by atoms with Crippen LogP contribution in [-0.4, -0.2) is 57.5 Å². The normalized spacial score (nSPS) is 16.5. The molecule has 1 aliphatic heterocycles. The Morgan fingerprint density at radius 3 is 2.79 bits per heavy atom. The van der Waals surface area contributed by atoms with Crippen LogP contribution in [0.1, 0.15) is 13.8 Å². The smallest absolute Gasteiger partial charge is 0.372 e. The Balaban J connectivity index is 1.88. The number of nitro groups is 1. The molecule has 10 heteroatoms. The standard InChI is InChI=1S/C14H19N5O4S/c1-9(2)10(13(20)17-3-6-23-7-4-17)15-11-12(19(21)22)18-5-8-24-14(18)16-11/h5,8-10,15H,3-4,6-7H2,1-2H3/t10-/m1/s1. The van der Waals surface area contributed by atoms with Gasteiger partial charge in [-0.2, -0.15) is 9.38 Å². The van der Waals surface area contributed by atoms with Crippen molar-refractivity contribution in [2.24, 2.45) is 5.92 Å². The number of nitrogens with zero attached hydrogens (tertiary/aromatic N) is 4. The second-order valence-electron chi connectivity index (χ2n) is 5.90. The number of fused-ring (bicyclic) bond motifs is 1. The first-order valence-electron chi connectivity index (χ1n) is 7.72. The van der Waals surface area contributed by atoms with Gasteiger partial charge < -0.3 is 25.1 Å². The summed E-state index contributed by atoms with van der Waals surface area (Å²) >= 11 is 1.31. The topological polar surface area (TPSA) is 102 Å². The summed E-state index contributed by atoms with van der Waals surface area (Å²) in [5.41, 5.74) is 0. The minimum Gasteiger partial charge on any atom is -0.378 e. The third-order valence-corrected chi connectivity index (χ3v) is 4.71. The van der Waals surface area contributed by atoms with E-state index in [0.717, 1.165) is 0 Å². The molecule has 9 nitrogen and oxygen atoms in total. The molecular formula is C14H19N5O4S. The lowest BCUT2D eigenvalue weighted by Gasteiger charge is -2.32. The molecule has 0 spiro atoms. The van der Waals surface area contributed by atoms with Gasteiger partial charge in [-0.1, -0.05) is 25.2 Å². The van der Waals surface area contributed by atoms with E-state index in [4.69, 9.17) is 4.74 Å². The van der Waals surface area contributed by atoms with Gasteiger partial charge in [-0.15, -0.1) is 0 Å². The number of anilines is 1. The number of aromatic nitrogens is 2. The van der Waals surface area contributed by atoms with Crippen LogP contribution in [0.15, 0.2) is 11.6 Å². The molecule has 24 heavy (non-hydrogen) atoms. The Morgan fingerprint density at radius 2 is 2.17 bits per heavy atom. The maximum atomic E-state index is 12.8. The molecule has 0 saturated carbocycles. The number of amides is 1. The fourth-order valence-corrected chi connectivity index (χ4v) is 3.40. The maximum absolute atomic E-state index is 12.8. The number of carbonyl (C=O) groups excluding carboxylic acids is 1. The average Bonchev–Trinajstić information content (AvgIpc) is 3.12. The van der Waals surface area contributed by atoms with Crippen molar-refractivity contribution in [2.45, 2.75) is 19.9 Å². The minimum atomic E-state index is -0.577. The molecule has 3 rings (SSSR count). The lowest BCUT2D eigenvalue weighted by Crippen LogP contribution is -2.49. The third-order valence-electron chi connectivity index (χ3n) is 3.96. The van der Waals surface area contributed by atoms with Crippen molar-refractivity contribution in [2.75, 3.05) is 31.6 Å². The number of hydrogen-bond acceptors (Lipinski definition) is 7. The van der Waals surface area contributed by atoms with Gasteiger partial charge in [0.2, 0.25) is 11.7 Å². The van der Waals surface area contributed by atoms with Gasteiger partial charge in [0.05, 0.1) is 13.2 Å². The van der Waals surface area contributed by atoms with Crippen molar-refractivity contribution in [3.63, 3.8) is 0 Å². The first kappa shape index (κ1) is 16.7. The Morgan fingerprint density at radius 1 is 1.46 bits per heavy atom. The first-order valence-corrected chi connectivity index (χ1v) is 8.60. The Hall–Kier alpha value is -2.20. The molecule has 0 aromatic carbocycles. The number of hydrogen-bond donors (Lipinski definition) is 1. The van der Waals surface area contributed by atoms with Crippen LogP contribution in [0, 0.1) is 16.0 Å². The van der Waals surface area contributed by atoms with Gasteiger partial charge in [-0.25, -0.2) is 0 Å². The predicted molar refractivity (Wildman–Crippen MR) is 89.4 cm³/mol. The summed E-state index contributed by atoms with van der Waals surface area (Å²) in [6.07, 6.45) is 1.60. The van der Waals surface area contributed by atoms with Crippen molar-refractivity contribution in [1.82, 2.24) is 14.3 Å². The van der Waals surface area contributed by atoms with Crippen molar-refractivity contribution in [1.29, 1.82) is 0 Å². The summed E-state index contributed by atoms with van der Waals surface area (Å²) in [6.45, 7) is 5.89. The fraction of sp³-hybridized carbons (Fsp3) is 0.571. The minimum absolute atomic E-state index is 0.0420. The average molecular weight is 353 g/mol. The van der Waals surface area contributed by atoms with Crippen molar-refractivity contribution >= 4 is 33.8 Å². The largest absolute Gasteiger partial charge is 0.378 e. The van der Waals surface area contributed by atoms with Gasteiger partial charge in [0.25, 0.3) is 4.96 Å². The summed E-state index contributed by atoms with van der Waals surface area (Å²) in [5, 5.41) is 16.2. The quantitative estimate of drug-likeness (QED) is 0.647. The van der Waals surface area contributed by atoms with E-state index in [2.05, 4.69) is 10.3 Å². The maximum Gasteiger partial charge on any atom is 0.372 e. The van der Waals surface area contributed by atoms with E-state index >= 15 is 0 Å². The Labute approximate surface area is 142 Å². The highest BCUT2D eigenvalue weighted by Gasteiger charge is 2.32. The molecule has 1 fully saturated rings. The lowest BCUT2D eigenvalue weighted by molar-refractivity contribution is -0.389. The molecule has 0 aliphatic carbocycles. The molecule has 1 aliphatic rings.